The number of rotatable bonds is 3. The first-order valence-corrected chi connectivity index (χ1v) is 11.6. The Morgan fingerprint density at radius 3 is 1.83 bits per heavy atom. The third kappa shape index (κ3) is 3.61. The fourth-order valence-electron chi connectivity index (χ4n) is 4.29. The summed E-state index contributed by atoms with van der Waals surface area (Å²) < 4.78 is 55.0. The van der Waals surface area contributed by atoms with Crippen LogP contribution in [0.2, 0.25) is 0 Å². The molecule has 2 aliphatic heterocycles. The van der Waals surface area contributed by atoms with Gasteiger partial charge in [-0.05, 0) is 36.4 Å². The van der Waals surface area contributed by atoms with Crippen molar-refractivity contribution in [1.29, 1.82) is 0 Å². The Morgan fingerprint density at radius 2 is 1.34 bits per heavy atom. The zero-order valence-corrected chi connectivity index (χ0v) is 19.0. The second kappa shape index (κ2) is 7.65. The predicted molar refractivity (Wildman–Crippen MR) is 117 cm³/mol. The lowest BCUT2D eigenvalue weighted by Crippen LogP contribution is -2.33. The number of carbonyl (C=O) groups is 3. The summed E-state index contributed by atoms with van der Waals surface area (Å²) in [4.78, 5) is 35.4. The summed E-state index contributed by atoms with van der Waals surface area (Å²) in [5.41, 5.74) is -0.551. The second-order valence-corrected chi connectivity index (χ2v) is 9.28. The van der Waals surface area contributed by atoms with Crippen molar-refractivity contribution in [2.75, 3.05) is 0 Å². The van der Waals surface area contributed by atoms with Gasteiger partial charge in [0.05, 0.1) is 10.5 Å². The maximum absolute atomic E-state index is 13.0. The number of hydrogen-bond donors (Lipinski definition) is 1. The first-order valence-electron chi connectivity index (χ1n) is 10.2. The smallest absolute Gasteiger partial charge is 0.340 e. The lowest BCUT2D eigenvalue weighted by atomic mass is 9.77. The van der Waals surface area contributed by atoms with E-state index in [-0.39, 0.29) is 28.6 Å². The molecule has 35 heavy (non-hydrogen) atoms. The first-order chi connectivity index (χ1) is 16.5. The third-order valence-electron chi connectivity index (χ3n) is 5.54. The van der Waals surface area contributed by atoms with Crippen LogP contribution in [0.4, 0.5) is 0 Å². The van der Waals surface area contributed by atoms with E-state index in [0.29, 0.717) is 16.7 Å². The number of fused-ring (bicyclic) bond motifs is 6. The van der Waals surface area contributed by atoms with E-state index in [1.54, 1.807) is 12.1 Å². The average Bonchev–Trinajstić information content (AvgIpc) is 3.04. The Labute approximate surface area is 198 Å². The highest BCUT2D eigenvalue weighted by Crippen LogP contribution is 2.57. The molecule has 0 bridgehead atoms. The van der Waals surface area contributed by atoms with Crippen molar-refractivity contribution in [3.8, 4) is 23.0 Å². The maximum Gasteiger partial charge on any atom is 0.340 e. The molecule has 0 saturated carbocycles. The number of carbonyl (C=O) groups excluding carboxylic acids is 3. The van der Waals surface area contributed by atoms with Crippen LogP contribution in [0.15, 0.2) is 59.5 Å². The van der Waals surface area contributed by atoms with Gasteiger partial charge in [0.25, 0.3) is 10.1 Å². The lowest BCUT2D eigenvalue weighted by Gasteiger charge is -2.36. The van der Waals surface area contributed by atoms with Gasteiger partial charge in [0, 0.05) is 42.7 Å². The fourth-order valence-corrected chi connectivity index (χ4v) is 4.79. The highest BCUT2D eigenvalue weighted by Gasteiger charge is 2.54. The van der Waals surface area contributed by atoms with Crippen LogP contribution in [0, 0.1) is 0 Å². The van der Waals surface area contributed by atoms with Gasteiger partial charge in [0.15, 0.2) is 5.60 Å². The predicted octanol–water partition coefficient (Wildman–Crippen LogP) is 3.35. The minimum atomic E-state index is -4.57. The third-order valence-corrected chi connectivity index (χ3v) is 6.39. The summed E-state index contributed by atoms with van der Waals surface area (Å²) in [6, 6.07) is 12.6. The Morgan fingerprint density at radius 1 is 0.829 bits per heavy atom. The van der Waals surface area contributed by atoms with E-state index in [0.717, 1.165) is 12.1 Å². The van der Waals surface area contributed by atoms with E-state index in [4.69, 9.17) is 18.9 Å². The van der Waals surface area contributed by atoms with E-state index in [9.17, 15) is 27.4 Å². The quantitative estimate of drug-likeness (QED) is 0.326. The Kier molecular flexibility index (Phi) is 4.93. The van der Waals surface area contributed by atoms with Crippen molar-refractivity contribution in [3.63, 3.8) is 0 Å². The molecule has 0 aliphatic carbocycles. The molecule has 1 spiro atoms. The molecule has 11 heteroatoms. The van der Waals surface area contributed by atoms with Crippen LogP contribution in [0.3, 0.4) is 0 Å². The van der Waals surface area contributed by atoms with Crippen molar-refractivity contribution in [2.45, 2.75) is 24.3 Å². The van der Waals surface area contributed by atoms with Gasteiger partial charge in [-0.3, -0.25) is 14.1 Å². The van der Waals surface area contributed by atoms with E-state index < -0.39 is 38.5 Å². The molecule has 0 amide bonds. The van der Waals surface area contributed by atoms with Gasteiger partial charge in [-0.25, -0.2) is 4.79 Å². The molecular weight excluding hydrogens is 480 g/mol. The summed E-state index contributed by atoms with van der Waals surface area (Å²) in [6.45, 7) is 2.48. The molecule has 0 fully saturated rings. The normalized spacial score (nSPS) is 14.8. The fraction of sp³-hybridized carbons (Fsp3) is 0.125. The Hall–Kier alpha value is -4.22. The van der Waals surface area contributed by atoms with Gasteiger partial charge in [-0.1, -0.05) is 6.07 Å². The van der Waals surface area contributed by atoms with E-state index >= 15 is 0 Å². The highest BCUT2D eigenvalue weighted by molar-refractivity contribution is 7.85. The minimum absolute atomic E-state index is 0.0629. The molecule has 0 radical (unpaired) electrons. The van der Waals surface area contributed by atoms with Gasteiger partial charge < -0.3 is 18.9 Å². The molecule has 0 unspecified atom stereocenters. The monoisotopic (exact) mass is 496 g/mol. The first kappa shape index (κ1) is 22.6. The topological polar surface area (TPSA) is 142 Å². The molecule has 3 aromatic rings. The summed E-state index contributed by atoms with van der Waals surface area (Å²) >= 11 is 0. The zero-order chi connectivity index (χ0) is 25.1. The second-order valence-electron chi connectivity index (χ2n) is 7.86. The van der Waals surface area contributed by atoms with Gasteiger partial charge in [0.2, 0.25) is 0 Å². The van der Waals surface area contributed by atoms with Crippen molar-refractivity contribution in [1.82, 2.24) is 0 Å². The molecule has 178 valence electrons. The van der Waals surface area contributed by atoms with Crippen LogP contribution >= 0.6 is 0 Å². The van der Waals surface area contributed by atoms with Crippen molar-refractivity contribution < 1.29 is 46.3 Å². The number of esters is 3. The molecule has 10 nitrogen and oxygen atoms in total. The summed E-state index contributed by atoms with van der Waals surface area (Å²) in [7, 11) is -4.57. The number of ether oxygens (including phenoxy) is 4. The summed E-state index contributed by atoms with van der Waals surface area (Å²) in [6.07, 6.45) is 0. The average molecular weight is 496 g/mol. The summed E-state index contributed by atoms with van der Waals surface area (Å²) in [5.74, 6) is -1.19. The van der Waals surface area contributed by atoms with Crippen molar-refractivity contribution in [2.24, 2.45) is 0 Å². The lowest BCUT2D eigenvalue weighted by molar-refractivity contribution is -0.132. The molecule has 2 heterocycles. The largest absolute Gasteiger partial charge is 0.456 e. The van der Waals surface area contributed by atoms with E-state index in [1.165, 1.54) is 44.2 Å². The number of hydrogen-bond acceptors (Lipinski definition) is 9. The molecule has 5 rings (SSSR count). The Balaban J connectivity index is 1.78. The standard InChI is InChI=1S/C24H16O10S/c1-12(25)31-14-3-6-19-21(9-14)33-22-10-15(32-13(2)26)4-7-20(22)24(19)18-8-5-16(35(28,29)30)11-17(18)23(27)34-24/h3-11H,1-2H3,(H,28,29,30). The van der Waals surface area contributed by atoms with Crippen LogP contribution in [0.25, 0.3) is 0 Å². The zero-order valence-electron chi connectivity index (χ0n) is 18.2. The SMILES string of the molecule is CC(=O)Oc1ccc2c(c1)Oc1cc(OC(C)=O)ccc1C21OC(=O)c2cc(S(=O)(=O)O)ccc21. The number of benzene rings is 3. The van der Waals surface area contributed by atoms with Crippen LogP contribution in [-0.4, -0.2) is 30.9 Å². The maximum atomic E-state index is 13.0. The molecule has 0 atom stereocenters. The molecule has 0 aromatic heterocycles. The van der Waals surface area contributed by atoms with Crippen molar-refractivity contribution >= 4 is 28.0 Å². The van der Waals surface area contributed by atoms with Crippen LogP contribution in [0.5, 0.6) is 23.0 Å². The van der Waals surface area contributed by atoms with Crippen LogP contribution in [-0.2, 0) is 30.0 Å². The van der Waals surface area contributed by atoms with Gasteiger partial charge in [-0.2, -0.15) is 8.42 Å². The van der Waals surface area contributed by atoms with Crippen LogP contribution < -0.4 is 14.2 Å². The molecule has 2 aliphatic rings. The molecule has 0 saturated heterocycles. The molecular formula is C24H16O10S. The molecule has 3 aromatic carbocycles. The highest BCUT2D eigenvalue weighted by atomic mass is 32.2. The van der Waals surface area contributed by atoms with Gasteiger partial charge in [-0.15, -0.1) is 0 Å². The Bertz CT molecular complexity index is 1490. The van der Waals surface area contributed by atoms with E-state index in [2.05, 4.69) is 0 Å². The molecule has 1 N–H and O–H groups in total. The van der Waals surface area contributed by atoms with E-state index in [1.807, 2.05) is 0 Å². The van der Waals surface area contributed by atoms with Gasteiger partial charge in [0.1, 0.15) is 23.0 Å². The van der Waals surface area contributed by atoms with Crippen LogP contribution in [0.1, 0.15) is 40.9 Å². The van der Waals surface area contributed by atoms with Gasteiger partial charge >= 0.3 is 17.9 Å². The summed E-state index contributed by atoms with van der Waals surface area (Å²) in [5, 5.41) is 0. The van der Waals surface area contributed by atoms with Crippen molar-refractivity contribution in [3.05, 3.63) is 76.9 Å². The minimum Gasteiger partial charge on any atom is -0.456 e.